The first-order valence-corrected chi connectivity index (χ1v) is 7.96. The first kappa shape index (κ1) is 14.7. The monoisotopic (exact) mass is 315 g/mol. The van der Waals surface area contributed by atoms with Gasteiger partial charge in [-0.1, -0.05) is 12.1 Å². The van der Waals surface area contributed by atoms with Gasteiger partial charge in [-0.2, -0.15) is 0 Å². The Labute approximate surface area is 131 Å². The van der Waals surface area contributed by atoms with E-state index in [2.05, 4.69) is 20.3 Å². The van der Waals surface area contributed by atoms with Crippen LogP contribution in [0.25, 0.3) is 11.0 Å². The molecule has 1 aromatic carbocycles. The molecule has 0 unspecified atom stereocenters. The Morgan fingerprint density at radius 1 is 1.32 bits per heavy atom. The number of aromatic nitrogens is 3. The van der Waals surface area contributed by atoms with Crippen molar-refractivity contribution in [3.63, 3.8) is 0 Å². The highest BCUT2D eigenvalue weighted by atomic mass is 32.1. The number of carbonyl (C=O) groups excluding carboxylic acids is 1. The molecule has 2 aromatic heterocycles. The van der Waals surface area contributed by atoms with E-state index in [9.17, 15) is 4.79 Å². The van der Waals surface area contributed by atoms with Crippen LogP contribution in [0.2, 0.25) is 0 Å². The highest BCUT2D eigenvalue weighted by Crippen LogP contribution is 2.11. The molecule has 7 heteroatoms. The summed E-state index contributed by atoms with van der Waals surface area (Å²) in [6.07, 6.45) is 0.960. The molecule has 114 valence electrons. The number of para-hydroxylation sites is 2. The molecular weight excluding hydrogens is 298 g/mol. The lowest BCUT2D eigenvalue weighted by Gasteiger charge is -2.02. The van der Waals surface area contributed by atoms with Crippen molar-refractivity contribution >= 4 is 28.3 Å². The van der Waals surface area contributed by atoms with E-state index < -0.39 is 0 Å². The molecule has 0 saturated heterocycles. The molecule has 0 fully saturated rings. The first-order chi connectivity index (χ1) is 10.7. The van der Waals surface area contributed by atoms with Gasteiger partial charge >= 0.3 is 0 Å². The average Bonchev–Trinajstić information content (AvgIpc) is 3.13. The summed E-state index contributed by atoms with van der Waals surface area (Å²) in [5.41, 5.74) is 8.24. The van der Waals surface area contributed by atoms with Gasteiger partial charge < -0.3 is 16.0 Å². The average molecular weight is 315 g/mol. The van der Waals surface area contributed by atoms with E-state index in [-0.39, 0.29) is 12.3 Å². The maximum absolute atomic E-state index is 11.9. The molecule has 0 aliphatic rings. The lowest BCUT2D eigenvalue weighted by atomic mass is 10.3. The number of imidazole rings is 1. The van der Waals surface area contributed by atoms with Crippen LogP contribution in [0.1, 0.15) is 16.5 Å². The van der Waals surface area contributed by atoms with Crippen LogP contribution in [0.15, 0.2) is 29.6 Å². The van der Waals surface area contributed by atoms with Crippen LogP contribution in [0.5, 0.6) is 0 Å². The summed E-state index contributed by atoms with van der Waals surface area (Å²) < 4.78 is 0. The number of thiazole rings is 1. The molecule has 0 atom stereocenters. The van der Waals surface area contributed by atoms with E-state index in [4.69, 9.17) is 5.73 Å². The van der Waals surface area contributed by atoms with Gasteiger partial charge in [0.05, 0.1) is 23.1 Å². The Kier molecular flexibility index (Phi) is 4.45. The molecular formula is C15H17N5OS. The fourth-order valence-electron chi connectivity index (χ4n) is 2.20. The summed E-state index contributed by atoms with van der Waals surface area (Å²) >= 11 is 1.48. The summed E-state index contributed by atoms with van der Waals surface area (Å²) in [7, 11) is 0. The van der Waals surface area contributed by atoms with Crippen LogP contribution in [-0.4, -0.2) is 27.4 Å². The van der Waals surface area contributed by atoms with Gasteiger partial charge in [0.2, 0.25) is 5.91 Å². The molecule has 22 heavy (non-hydrogen) atoms. The van der Waals surface area contributed by atoms with Crippen molar-refractivity contribution in [2.24, 2.45) is 5.73 Å². The number of hydrogen-bond acceptors (Lipinski definition) is 5. The molecule has 4 N–H and O–H groups in total. The molecule has 0 aliphatic heterocycles. The van der Waals surface area contributed by atoms with Crippen LogP contribution in [0.4, 0.5) is 0 Å². The predicted octanol–water partition coefficient (Wildman–Crippen LogP) is 1.38. The third-order valence-electron chi connectivity index (χ3n) is 3.24. The number of carbonyl (C=O) groups is 1. The minimum absolute atomic E-state index is 0.0371. The molecule has 0 bridgehead atoms. The van der Waals surface area contributed by atoms with E-state index in [1.807, 2.05) is 29.6 Å². The number of fused-ring (bicyclic) bond motifs is 1. The van der Waals surface area contributed by atoms with E-state index in [0.717, 1.165) is 27.6 Å². The second kappa shape index (κ2) is 6.67. The van der Waals surface area contributed by atoms with Gasteiger partial charge in [0.25, 0.3) is 0 Å². The van der Waals surface area contributed by atoms with E-state index in [0.29, 0.717) is 19.5 Å². The molecule has 0 saturated carbocycles. The first-order valence-electron chi connectivity index (χ1n) is 7.08. The normalized spacial score (nSPS) is 11.0. The van der Waals surface area contributed by atoms with Crippen LogP contribution in [0.3, 0.4) is 0 Å². The summed E-state index contributed by atoms with van der Waals surface area (Å²) in [5.74, 6) is 0.838. The van der Waals surface area contributed by atoms with Crippen molar-refractivity contribution < 1.29 is 4.79 Å². The summed E-state index contributed by atoms with van der Waals surface area (Å²) in [4.78, 5) is 23.9. The standard InChI is InChI=1S/C15H17N5OS/c16-8-15-18-10(9-22-15)7-14(21)17-6-5-13-19-11-3-1-2-4-12(11)20-13/h1-4,9H,5-8,16H2,(H,17,21)(H,19,20). The van der Waals surface area contributed by atoms with Crippen LogP contribution in [0, 0.1) is 0 Å². The van der Waals surface area contributed by atoms with Crippen molar-refractivity contribution in [1.82, 2.24) is 20.3 Å². The lowest BCUT2D eigenvalue weighted by molar-refractivity contribution is -0.120. The van der Waals surface area contributed by atoms with Gasteiger partial charge in [-0.05, 0) is 12.1 Å². The summed E-state index contributed by atoms with van der Waals surface area (Å²) in [6, 6.07) is 7.88. The molecule has 0 aliphatic carbocycles. The Bertz CT molecular complexity index is 746. The Morgan fingerprint density at radius 3 is 2.95 bits per heavy atom. The largest absolute Gasteiger partial charge is 0.355 e. The van der Waals surface area contributed by atoms with Crippen LogP contribution >= 0.6 is 11.3 Å². The van der Waals surface area contributed by atoms with Gasteiger partial charge in [0.15, 0.2) is 0 Å². The summed E-state index contributed by atoms with van der Waals surface area (Å²) in [5, 5.41) is 5.61. The molecule has 6 nitrogen and oxygen atoms in total. The summed E-state index contributed by atoms with van der Waals surface area (Å²) in [6.45, 7) is 0.963. The number of H-pyrrole nitrogens is 1. The lowest BCUT2D eigenvalue weighted by Crippen LogP contribution is -2.27. The number of amides is 1. The number of benzene rings is 1. The predicted molar refractivity (Wildman–Crippen MR) is 86.5 cm³/mol. The zero-order chi connectivity index (χ0) is 15.4. The molecule has 1 amide bonds. The molecule has 0 spiro atoms. The third-order valence-corrected chi connectivity index (χ3v) is 4.16. The Balaban J connectivity index is 1.48. The minimum atomic E-state index is -0.0371. The Hall–Kier alpha value is -2.25. The minimum Gasteiger partial charge on any atom is -0.355 e. The molecule has 2 heterocycles. The number of nitrogens with two attached hydrogens (primary N) is 1. The van der Waals surface area contributed by atoms with Gasteiger partial charge in [-0.3, -0.25) is 4.79 Å². The smallest absolute Gasteiger partial charge is 0.226 e. The highest BCUT2D eigenvalue weighted by molar-refractivity contribution is 7.09. The van der Waals surface area contributed by atoms with E-state index in [1.54, 1.807) is 0 Å². The van der Waals surface area contributed by atoms with Crippen molar-refractivity contribution in [1.29, 1.82) is 0 Å². The zero-order valence-corrected chi connectivity index (χ0v) is 12.8. The second-order valence-electron chi connectivity index (χ2n) is 4.91. The van der Waals surface area contributed by atoms with Crippen LogP contribution in [-0.2, 0) is 24.2 Å². The van der Waals surface area contributed by atoms with Gasteiger partial charge in [-0.15, -0.1) is 11.3 Å². The molecule has 3 rings (SSSR count). The quantitative estimate of drug-likeness (QED) is 0.640. The molecule has 3 aromatic rings. The number of nitrogens with zero attached hydrogens (tertiary/aromatic N) is 2. The van der Waals surface area contributed by atoms with Crippen molar-refractivity contribution in [2.75, 3.05) is 6.54 Å². The van der Waals surface area contributed by atoms with E-state index in [1.165, 1.54) is 11.3 Å². The molecule has 0 radical (unpaired) electrons. The van der Waals surface area contributed by atoms with Crippen molar-refractivity contribution in [3.05, 3.63) is 46.2 Å². The van der Waals surface area contributed by atoms with E-state index >= 15 is 0 Å². The van der Waals surface area contributed by atoms with Crippen molar-refractivity contribution in [3.8, 4) is 0 Å². The number of nitrogens with one attached hydrogen (secondary N) is 2. The number of rotatable bonds is 6. The van der Waals surface area contributed by atoms with Gasteiger partial charge in [0, 0.05) is 24.9 Å². The SMILES string of the molecule is NCc1nc(CC(=O)NCCc2nc3ccccc3[nH]2)cs1. The maximum Gasteiger partial charge on any atom is 0.226 e. The third kappa shape index (κ3) is 3.49. The van der Waals surface area contributed by atoms with Gasteiger partial charge in [-0.25, -0.2) is 9.97 Å². The zero-order valence-electron chi connectivity index (χ0n) is 12.0. The fourth-order valence-corrected chi connectivity index (χ4v) is 2.87. The fraction of sp³-hybridized carbons (Fsp3) is 0.267. The van der Waals surface area contributed by atoms with Crippen molar-refractivity contribution in [2.45, 2.75) is 19.4 Å². The highest BCUT2D eigenvalue weighted by Gasteiger charge is 2.07. The second-order valence-corrected chi connectivity index (χ2v) is 5.86. The Morgan fingerprint density at radius 2 is 2.18 bits per heavy atom. The number of hydrogen-bond donors (Lipinski definition) is 3. The number of aromatic amines is 1. The van der Waals surface area contributed by atoms with Crippen LogP contribution < -0.4 is 11.1 Å². The van der Waals surface area contributed by atoms with Gasteiger partial charge in [0.1, 0.15) is 10.8 Å². The topological polar surface area (TPSA) is 96.7 Å². The maximum atomic E-state index is 11.9.